The molecule has 30 heavy (non-hydrogen) atoms. The van der Waals surface area contributed by atoms with E-state index in [2.05, 4.69) is 20.1 Å². The summed E-state index contributed by atoms with van der Waals surface area (Å²) in [6.45, 7) is 7.22. The van der Waals surface area contributed by atoms with Gasteiger partial charge in [0.05, 0.1) is 24.2 Å². The Morgan fingerprint density at radius 3 is 2.63 bits per heavy atom. The van der Waals surface area contributed by atoms with Gasteiger partial charge >= 0.3 is 0 Å². The third-order valence-corrected chi connectivity index (χ3v) is 5.88. The molecule has 2 aliphatic rings. The molecule has 0 bridgehead atoms. The van der Waals surface area contributed by atoms with Crippen LogP contribution in [0.5, 0.6) is 0 Å². The van der Waals surface area contributed by atoms with Crippen LogP contribution in [0.1, 0.15) is 25.7 Å². The highest BCUT2D eigenvalue weighted by Gasteiger charge is 2.20. The van der Waals surface area contributed by atoms with Gasteiger partial charge in [-0.2, -0.15) is 0 Å². The van der Waals surface area contributed by atoms with Crippen LogP contribution in [0.2, 0.25) is 0 Å². The predicted molar refractivity (Wildman–Crippen MR) is 117 cm³/mol. The Morgan fingerprint density at radius 2 is 1.83 bits per heavy atom. The van der Waals surface area contributed by atoms with Crippen LogP contribution in [-0.4, -0.2) is 72.8 Å². The number of fused-ring (bicyclic) bond motifs is 1. The number of carbonyl (C=O) groups excluding carboxylic acids is 1. The molecule has 8 heteroatoms. The second-order valence-corrected chi connectivity index (χ2v) is 7.98. The van der Waals surface area contributed by atoms with Gasteiger partial charge in [-0.25, -0.2) is 4.98 Å². The summed E-state index contributed by atoms with van der Waals surface area (Å²) in [5.74, 6) is 0.490. The first-order chi connectivity index (χ1) is 14.7. The molecular weight excluding hydrogens is 382 g/mol. The first-order valence-electron chi connectivity index (χ1n) is 11.0. The first-order valence-corrected chi connectivity index (χ1v) is 11.0. The van der Waals surface area contributed by atoms with Gasteiger partial charge in [0.15, 0.2) is 5.82 Å². The molecule has 0 saturated carbocycles. The van der Waals surface area contributed by atoms with Crippen LogP contribution in [0, 0.1) is 0 Å². The maximum atomic E-state index is 13.1. The molecule has 0 aliphatic carbocycles. The van der Waals surface area contributed by atoms with E-state index in [1.165, 1.54) is 0 Å². The lowest BCUT2D eigenvalue weighted by atomic mass is 10.2. The number of hydrogen-bond acceptors (Lipinski definition) is 6. The minimum absolute atomic E-state index is 0.0208. The highest BCUT2D eigenvalue weighted by molar-refractivity contribution is 5.78. The van der Waals surface area contributed by atoms with Crippen molar-refractivity contribution in [2.24, 2.45) is 0 Å². The lowest BCUT2D eigenvalue weighted by Gasteiger charge is -2.26. The summed E-state index contributed by atoms with van der Waals surface area (Å²) < 4.78 is 7.06. The minimum Gasteiger partial charge on any atom is -0.379 e. The number of benzene rings is 1. The third-order valence-electron chi connectivity index (χ3n) is 5.88. The van der Waals surface area contributed by atoms with Crippen molar-refractivity contribution in [2.45, 2.75) is 32.2 Å². The van der Waals surface area contributed by atoms with E-state index in [-0.39, 0.29) is 17.9 Å². The number of aromatic nitrogens is 2. The largest absolute Gasteiger partial charge is 0.379 e. The molecule has 3 heterocycles. The van der Waals surface area contributed by atoms with Crippen LogP contribution in [-0.2, 0) is 16.1 Å². The van der Waals surface area contributed by atoms with Crippen LogP contribution in [0.4, 0.5) is 5.82 Å². The monoisotopic (exact) mass is 413 g/mol. The number of para-hydroxylation sites is 2. The molecule has 1 N–H and O–H groups in total. The van der Waals surface area contributed by atoms with Gasteiger partial charge < -0.3 is 19.5 Å². The van der Waals surface area contributed by atoms with E-state index in [4.69, 9.17) is 4.74 Å². The highest BCUT2D eigenvalue weighted by Crippen LogP contribution is 2.18. The fraction of sp³-hybridized carbons (Fsp3) is 0.591. The van der Waals surface area contributed by atoms with Gasteiger partial charge in [0, 0.05) is 45.7 Å². The summed E-state index contributed by atoms with van der Waals surface area (Å²) in [6, 6.07) is 7.66. The first kappa shape index (κ1) is 20.8. The van der Waals surface area contributed by atoms with Crippen molar-refractivity contribution < 1.29 is 9.53 Å². The zero-order valence-electron chi connectivity index (χ0n) is 17.5. The molecule has 2 saturated heterocycles. The summed E-state index contributed by atoms with van der Waals surface area (Å²) >= 11 is 0. The van der Waals surface area contributed by atoms with E-state index < -0.39 is 0 Å². The number of anilines is 1. The van der Waals surface area contributed by atoms with E-state index in [0.29, 0.717) is 18.9 Å². The van der Waals surface area contributed by atoms with Gasteiger partial charge in [-0.15, -0.1) is 0 Å². The van der Waals surface area contributed by atoms with Crippen LogP contribution >= 0.6 is 0 Å². The van der Waals surface area contributed by atoms with Crippen molar-refractivity contribution in [3.05, 3.63) is 34.6 Å². The normalized spacial score (nSPS) is 17.5. The summed E-state index contributed by atoms with van der Waals surface area (Å²) in [7, 11) is 0. The highest BCUT2D eigenvalue weighted by atomic mass is 16.5. The molecule has 2 aliphatic heterocycles. The predicted octanol–water partition coefficient (Wildman–Crippen LogP) is 1.23. The van der Waals surface area contributed by atoms with E-state index in [9.17, 15) is 9.59 Å². The van der Waals surface area contributed by atoms with Crippen molar-refractivity contribution in [3.63, 3.8) is 0 Å². The minimum atomic E-state index is -0.101. The average molecular weight is 414 g/mol. The van der Waals surface area contributed by atoms with Gasteiger partial charge in [0.25, 0.3) is 5.56 Å². The van der Waals surface area contributed by atoms with Crippen LogP contribution < -0.4 is 15.8 Å². The zero-order valence-corrected chi connectivity index (χ0v) is 17.5. The van der Waals surface area contributed by atoms with Crippen molar-refractivity contribution >= 4 is 22.8 Å². The number of amides is 1. The quantitative estimate of drug-likeness (QED) is 0.656. The van der Waals surface area contributed by atoms with Gasteiger partial charge in [-0.05, 0) is 37.9 Å². The maximum absolute atomic E-state index is 13.1. The number of hydrogen-bond donors (Lipinski definition) is 1. The Labute approximate surface area is 176 Å². The van der Waals surface area contributed by atoms with Gasteiger partial charge in [0.2, 0.25) is 5.91 Å². The average Bonchev–Trinajstić information content (AvgIpc) is 3.31. The lowest BCUT2D eigenvalue weighted by Crippen LogP contribution is -2.38. The van der Waals surface area contributed by atoms with Crippen molar-refractivity contribution in [1.82, 2.24) is 19.8 Å². The summed E-state index contributed by atoms with van der Waals surface area (Å²) in [5.41, 5.74) is 1.48. The molecule has 1 aromatic carbocycles. The molecule has 0 spiro atoms. The van der Waals surface area contributed by atoms with E-state index in [1.54, 1.807) is 4.57 Å². The van der Waals surface area contributed by atoms with Crippen molar-refractivity contribution in [3.8, 4) is 0 Å². The molecule has 1 aromatic heterocycles. The van der Waals surface area contributed by atoms with E-state index >= 15 is 0 Å². The Morgan fingerprint density at radius 1 is 1.07 bits per heavy atom. The van der Waals surface area contributed by atoms with Gasteiger partial charge in [-0.1, -0.05) is 12.1 Å². The second-order valence-electron chi connectivity index (χ2n) is 7.98. The molecule has 0 atom stereocenters. The maximum Gasteiger partial charge on any atom is 0.294 e. The number of carbonyl (C=O) groups is 1. The standard InChI is InChI=1S/C22H31N5O3/c28-20(23-9-5-10-25-14-16-30-17-15-25)8-13-27-19-7-2-1-6-18(19)24-21(22(27)29)26-11-3-4-12-26/h1-2,6-7H,3-5,8-17H2,(H,23,28). The van der Waals surface area contributed by atoms with Crippen LogP contribution in [0.25, 0.3) is 11.0 Å². The van der Waals surface area contributed by atoms with Gasteiger partial charge in [0.1, 0.15) is 0 Å². The molecule has 2 fully saturated rings. The molecule has 0 unspecified atom stereocenters. The summed E-state index contributed by atoms with van der Waals surface area (Å²) in [5, 5.41) is 2.99. The number of ether oxygens (including phenoxy) is 1. The number of aryl methyl sites for hydroxylation is 1. The Balaban J connectivity index is 1.36. The van der Waals surface area contributed by atoms with Crippen molar-refractivity contribution in [1.29, 1.82) is 0 Å². The fourth-order valence-electron chi connectivity index (χ4n) is 4.19. The smallest absolute Gasteiger partial charge is 0.294 e. The number of nitrogens with one attached hydrogen (secondary N) is 1. The summed E-state index contributed by atoms with van der Waals surface area (Å²) in [6.07, 6.45) is 3.37. The SMILES string of the molecule is O=C(CCn1c(=O)c(N2CCCC2)nc2ccccc21)NCCCN1CCOCC1. The molecular formula is C22H31N5O3. The third kappa shape index (κ3) is 4.99. The molecule has 4 rings (SSSR count). The van der Waals surface area contributed by atoms with Crippen LogP contribution in [0.3, 0.4) is 0 Å². The lowest BCUT2D eigenvalue weighted by molar-refractivity contribution is -0.121. The fourth-order valence-corrected chi connectivity index (χ4v) is 4.19. The Bertz CT molecular complexity index is 917. The molecule has 2 aromatic rings. The van der Waals surface area contributed by atoms with Gasteiger partial charge in [-0.3, -0.25) is 14.5 Å². The Hall–Kier alpha value is -2.45. The number of rotatable bonds is 8. The van der Waals surface area contributed by atoms with E-state index in [0.717, 1.165) is 76.2 Å². The number of nitrogens with zero attached hydrogens (tertiary/aromatic N) is 4. The topological polar surface area (TPSA) is 79.7 Å². The molecule has 8 nitrogen and oxygen atoms in total. The number of morpholine rings is 1. The van der Waals surface area contributed by atoms with Crippen LogP contribution in [0.15, 0.2) is 29.1 Å². The molecule has 1 amide bonds. The Kier molecular flexibility index (Phi) is 6.96. The second kappa shape index (κ2) is 10.0. The zero-order chi connectivity index (χ0) is 20.8. The molecule has 0 radical (unpaired) electrons. The summed E-state index contributed by atoms with van der Waals surface area (Å²) in [4.78, 5) is 34.6. The van der Waals surface area contributed by atoms with E-state index in [1.807, 2.05) is 24.3 Å². The van der Waals surface area contributed by atoms with Crippen molar-refractivity contribution in [2.75, 3.05) is 57.4 Å². The molecule has 162 valence electrons.